The molecule has 1 fully saturated rings. The van der Waals surface area contributed by atoms with E-state index in [1.54, 1.807) is 23.1 Å². The zero-order valence-electron chi connectivity index (χ0n) is 13.9. The highest BCUT2D eigenvalue weighted by Gasteiger charge is 2.22. The SMILES string of the molecule is O=C(Nc1c(Cl)cccc1Cl)N1CCN(CCc2ccccc2)CC1. The van der Waals surface area contributed by atoms with E-state index in [2.05, 4.69) is 34.5 Å². The van der Waals surface area contributed by atoms with Crippen LogP contribution in [0.1, 0.15) is 5.56 Å². The Morgan fingerprint density at radius 3 is 2.20 bits per heavy atom. The van der Waals surface area contributed by atoms with Crippen molar-refractivity contribution in [3.05, 3.63) is 64.1 Å². The van der Waals surface area contributed by atoms with Gasteiger partial charge in [0.15, 0.2) is 0 Å². The van der Waals surface area contributed by atoms with Crippen LogP contribution in [-0.2, 0) is 6.42 Å². The van der Waals surface area contributed by atoms with Gasteiger partial charge in [0, 0.05) is 32.7 Å². The summed E-state index contributed by atoms with van der Waals surface area (Å²) in [7, 11) is 0. The number of nitrogens with one attached hydrogen (secondary N) is 1. The van der Waals surface area contributed by atoms with E-state index < -0.39 is 0 Å². The summed E-state index contributed by atoms with van der Waals surface area (Å²) in [5, 5.41) is 3.72. The van der Waals surface area contributed by atoms with Gasteiger partial charge < -0.3 is 10.2 Å². The number of nitrogens with zero attached hydrogens (tertiary/aromatic N) is 2. The molecule has 4 nitrogen and oxygen atoms in total. The first-order valence-electron chi connectivity index (χ1n) is 8.40. The predicted molar refractivity (Wildman–Crippen MR) is 104 cm³/mol. The van der Waals surface area contributed by atoms with Crippen LogP contribution in [0.4, 0.5) is 10.5 Å². The largest absolute Gasteiger partial charge is 0.322 e. The second kappa shape index (κ2) is 8.56. The number of para-hydroxylation sites is 1. The minimum Gasteiger partial charge on any atom is -0.322 e. The second-order valence-electron chi connectivity index (χ2n) is 6.09. The lowest BCUT2D eigenvalue weighted by atomic mass is 10.1. The van der Waals surface area contributed by atoms with E-state index in [9.17, 15) is 4.79 Å². The molecule has 3 rings (SSSR count). The van der Waals surface area contributed by atoms with Crippen LogP contribution in [0.5, 0.6) is 0 Å². The Kier molecular flexibility index (Phi) is 6.19. The summed E-state index contributed by atoms with van der Waals surface area (Å²) in [5.41, 5.74) is 1.82. The first kappa shape index (κ1) is 18.1. The van der Waals surface area contributed by atoms with E-state index in [0.29, 0.717) is 28.8 Å². The van der Waals surface area contributed by atoms with Crippen molar-refractivity contribution in [2.45, 2.75) is 6.42 Å². The maximum Gasteiger partial charge on any atom is 0.322 e. The minimum atomic E-state index is -0.155. The van der Waals surface area contributed by atoms with Crippen molar-refractivity contribution >= 4 is 34.9 Å². The Bertz CT molecular complexity index is 696. The number of benzene rings is 2. The van der Waals surface area contributed by atoms with Crippen molar-refractivity contribution in [2.75, 3.05) is 38.0 Å². The van der Waals surface area contributed by atoms with Crippen molar-refractivity contribution in [1.82, 2.24) is 9.80 Å². The number of hydrogen-bond acceptors (Lipinski definition) is 2. The highest BCUT2D eigenvalue weighted by molar-refractivity contribution is 6.39. The van der Waals surface area contributed by atoms with Crippen LogP contribution in [0, 0.1) is 0 Å². The van der Waals surface area contributed by atoms with Gasteiger partial charge >= 0.3 is 6.03 Å². The maximum absolute atomic E-state index is 12.4. The van der Waals surface area contributed by atoms with Crippen molar-refractivity contribution in [3.63, 3.8) is 0 Å². The molecule has 2 aromatic rings. The molecule has 25 heavy (non-hydrogen) atoms. The molecule has 0 spiro atoms. The zero-order valence-corrected chi connectivity index (χ0v) is 15.4. The molecule has 2 aromatic carbocycles. The number of carbonyl (C=O) groups excluding carboxylic acids is 1. The molecule has 0 bridgehead atoms. The predicted octanol–water partition coefficient (Wildman–Crippen LogP) is 4.39. The van der Waals surface area contributed by atoms with Gasteiger partial charge in [-0.1, -0.05) is 59.6 Å². The van der Waals surface area contributed by atoms with E-state index in [1.165, 1.54) is 5.56 Å². The van der Waals surface area contributed by atoms with Gasteiger partial charge in [0.1, 0.15) is 0 Å². The average Bonchev–Trinajstić information content (AvgIpc) is 2.64. The van der Waals surface area contributed by atoms with E-state index >= 15 is 0 Å². The molecule has 0 unspecified atom stereocenters. The molecular weight excluding hydrogens is 357 g/mol. The van der Waals surface area contributed by atoms with E-state index in [4.69, 9.17) is 23.2 Å². The first-order valence-corrected chi connectivity index (χ1v) is 9.15. The number of piperazine rings is 1. The van der Waals surface area contributed by atoms with Gasteiger partial charge in [0.2, 0.25) is 0 Å². The van der Waals surface area contributed by atoms with Gasteiger partial charge in [-0.2, -0.15) is 0 Å². The number of amides is 2. The molecule has 0 aliphatic carbocycles. The molecule has 132 valence electrons. The van der Waals surface area contributed by atoms with Crippen molar-refractivity contribution in [2.24, 2.45) is 0 Å². The molecule has 1 N–H and O–H groups in total. The molecule has 2 amide bonds. The number of halogens is 2. The van der Waals surface area contributed by atoms with E-state index in [-0.39, 0.29) is 6.03 Å². The fourth-order valence-corrected chi connectivity index (χ4v) is 3.40. The fraction of sp³-hybridized carbons (Fsp3) is 0.316. The number of carbonyl (C=O) groups is 1. The molecule has 0 atom stereocenters. The Morgan fingerprint density at radius 2 is 1.56 bits per heavy atom. The molecule has 1 aliphatic heterocycles. The molecule has 1 saturated heterocycles. The summed E-state index contributed by atoms with van der Waals surface area (Å²) < 4.78 is 0. The summed E-state index contributed by atoms with van der Waals surface area (Å²) in [6.07, 6.45) is 1.03. The van der Waals surface area contributed by atoms with E-state index in [0.717, 1.165) is 26.1 Å². The van der Waals surface area contributed by atoms with Gasteiger partial charge in [0.05, 0.1) is 15.7 Å². The van der Waals surface area contributed by atoms with Gasteiger partial charge in [-0.25, -0.2) is 4.79 Å². The smallest absolute Gasteiger partial charge is 0.322 e. The number of rotatable bonds is 4. The van der Waals surface area contributed by atoms with Crippen LogP contribution in [0.2, 0.25) is 10.0 Å². The lowest BCUT2D eigenvalue weighted by Gasteiger charge is -2.34. The Hall–Kier alpha value is -1.75. The van der Waals surface area contributed by atoms with Crippen LogP contribution in [0.3, 0.4) is 0 Å². The third kappa shape index (κ3) is 4.88. The van der Waals surface area contributed by atoms with Crippen molar-refractivity contribution in [3.8, 4) is 0 Å². The average molecular weight is 378 g/mol. The molecule has 0 aromatic heterocycles. The number of anilines is 1. The Labute approximate surface area is 158 Å². The summed E-state index contributed by atoms with van der Waals surface area (Å²) >= 11 is 12.2. The third-order valence-electron chi connectivity index (χ3n) is 4.41. The summed E-state index contributed by atoms with van der Waals surface area (Å²) in [6.45, 7) is 4.15. The Balaban J connectivity index is 1.48. The van der Waals surface area contributed by atoms with Crippen LogP contribution < -0.4 is 5.32 Å². The lowest BCUT2D eigenvalue weighted by molar-refractivity contribution is 0.148. The van der Waals surface area contributed by atoms with Gasteiger partial charge in [-0.05, 0) is 24.1 Å². The summed E-state index contributed by atoms with van der Waals surface area (Å²) in [4.78, 5) is 16.6. The molecule has 0 radical (unpaired) electrons. The van der Waals surface area contributed by atoms with Crippen LogP contribution in [0.25, 0.3) is 0 Å². The third-order valence-corrected chi connectivity index (χ3v) is 5.04. The van der Waals surface area contributed by atoms with Gasteiger partial charge in [-0.3, -0.25) is 4.90 Å². The van der Waals surface area contributed by atoms with Gasteiger partial charge in [0.25, 0.3) is 0 Å². The maximum atomic E-state index is 12.4. The summed E-state index contributed by atoms with van der Waals surface area (Å²) in [5.74, 6) is 0. The number of hydrogen-bond donors (Lipinski definition) is 1. The first-order chi connectivity index (χ1) is 12.1. The van der Waals surface area contributed by atoms with Crippen molar-refractivity contribution < 1.29 is 4.79 Å². The minimum absolute atomic E-state index is 0.155. The standard InChI is InChI=1S/C19H21Cl2N3O/c20-16-7-4-8-17(21)18(16)22-19(25)24-13-11-23(12-14-24)10-9-15-5-2-1-3-6-15/h1-8H,9-14H2,(H,22,25). The molecule has 1 aliphatic rings. The fourth-order valence-electron chi connectivity index (χ4n) is 2.91. The monoisotopic (exact) mass is 377 g/mol. The van der Waals surface area contributed by atoms with E-state index in [1.807, 2.05) is 6.07 Å². The highest BCUT2D eigenvalue weighted by Crippen LogP contribution is 2.30. The van der Waals surface area contributed by atoms with Crippen LogP contribution in [-0.4, -0.2) is 48.6 Å². The molecular formula is C19H21Cl2N3O. The zero-order chi connectivity index (χ0) is 17.6. The second-order valence-corrected chi connectivity index (χ2v) is 6.91. The highest BCUT2D eigenvalue weighted by atomic mass is 35.5. The normalized spacial score (nSPS) is 15.2. The lowest BCUT2D eigenvalue weighted by Crippen LogP contribution is -2.50. The quantitative estimate of drug-likeness (QED) is 0.857. The van der Waals surface area contributed by atoms with Crippen LogP contribution in [0.15, 0.2) is 48.5 Å². The van der Waals surface area contributed by atoms with Crippen LogP contribution >= 0.6 is 23.2 Å². The summed E-state index contributed by atoms with van der Waals surface area (Å²) in [6, 6.07) is 15.5. The Morgan fingerprint density at radius 1 is 0.920 bits per heavy atom. The molecule has 1 heterocycles. The molecule has 0 saturated carbocycles. The molecule has 6 heteroatoms. The van der Waals surface area contributed by atoms with Crippen molar-refractivity contribution in [1.29, 1.82) is 0 Å². The topological polar surface area (TPSA) is 35.6 Å². The van der Waals surface area contributed by atoms with Gasteiger partial charge in [-0.15, -0.1) is 0 Å². The number of urea groups is 1.